The zero-order chi connectivity index (χ0) is 23.4. The zero-order valence-electron chi connectivity index (χ0n) is 20.7. The highest BCUT2D eigenvalue weighted by Gasteiger charge is 2.30. The Hall–Kier alpha value is -2.12. The molecule has 0 atom stereocenters. The van der Waals surface area contributed by atoms with Crippen LogP contribution in [0.5, 0.6) is 0 Å². The Balaban J connectivity index is 1.25. The molecule has 0 unspecified atom stereocenters. The molecule has 2 heterocycles. The molecule has 0 spiro atoms. The van der Waals surface area contributed by atoms with Gasteiger partial charge in [-0.2, -0.15) is 0 Å². The van der Waals surface area contributed by atoms with Gasteiger partial charge in [0.25, 0.3) is 5.91 Å². The molecule has 2 amide bonds. The van der Waals surface area contributed by atoms with Crippen molar-refractivity contribution in [1.29, 1.82) is 0 Å². The number of anilines is 1. The maximum absolute atomic E-state index is 12.9. The average molecular weight is 456 g/mol. The highest BCUT2D eigenvalue weighted by atomic mass is 16.2. The standard InChI is InChI=1S/C26H41N5O2/c1-4-31(21(2)3)26(33)22-7-5-10-24(19-22)29-13-11-27(12-14-29)20-25(32)30-17-15-28(16-18-30)23-8-6-9-23/h5,7,10,19,21,23H,4,6,8-9,11-18,20H2,1-3H3. The van der Waals surface area contributed by atoms with Crippen LogP contribution < -0.4 is 4.90 Å². The van der Waals surface area contributed by atoms with E-state index in [1.54, 1.807) is 0 Å². The lowest BCUT2D eigenvalue weighted by molar-refractivity contribution is -0.134. The van der Waals surface area contributed by atoms with E-state index >= 15 is 0 Å². The Morgan fingerprint density at radius 2 is 1.70 bits per heavy atom. The number of rotatable bonds is 7. The molecule has 2 aliphatic heterocycles. The van der Waals surface area contributed by atoms with Crippen LogP contribution in [0.2, 0.25) is 0 Å². The molecule has 0 bridgehead atoms. The van der Waals surface area contributed by atoms with Crippen LogP contribution in [0.3, 0.4) is 0 Å². The van der Waals surface area contributed by atoms with Gasteiger partial charge in [0.1, 0.15) is 0 Å². The number of piperazine rings is 2. The van der Waals surface area contributed by atoms with Gasteiger partial charge in [-0.25, -0.2) is 0 Å². The number of nitrogens with zero attached hydrogens (tertiary/aromatic N) is 5. The third kappa shape index (κ3) is 5.69. The van der Waals surface area contributed by atoms with E-state index in [-0.39, 0.29) is 17.9 Å². The number of benzene rings is 1. The number of hydrogen-bond donors (Lipinski definition) is 0. The molecule has 0 N–H and O–H groups in total. The van der Waals surface area contributed by atoms with Crippen molar-refractivity contribution in [3.8, 4) is 0 Å². The minimum absolute atomic E-state index is 0.0935. The lowest BCUT2D eigenvalue weighted by Crippen LogP contribution is -2.56. The molecule has 1 saturated carbocycles. The molecule has 7 nitrogen and oxygen atoms in total. The van der Waals surface area contributed by atoms with Gasteiger partial charge in [-0.1, -0.05) is 12.5 Å². The SMILES string of the molecule is CCN(C(=O)c1cccc(N2CCN(CC(=O)N3CCN(C4CCC4)CC3)CC2)c1)C(C)C. The Morgan fingerprint density at radius 1 is 1.00 bits per heavy atom. The van der Waals surface area contributed by atoms with E-state index in [0.29, 0.717) is 13.1 Å². The highest BCUT2D eigenvalue weighted by Crippen LogP contribution is 2.25. The summed E-state index contributed by atoms with van der Waals surface area (Å²) in [5.74, 6) is 0.369. The van der Waals surface area contributed by atoms with Gasteiger partial charge in [-0.05, 0) is 51.8 Å². The molecule has 3 aliphatic rings. The van der Waals surface area contributed by atoms with Crippen LogP contribution in [0.15, 0.2) is 24.3 Å². The summed E-state index contributed by atoms with van der Waals surface area (Å²) in [6.07, 6.45) is 4.04. The lowest BCUT2D eigenvalue weighted by atomic mass is 9.91. The fourth-order valence-electron chi connectivity index (χ4n) is 5.29. The van der Waals surface area contributed by atoms with Gasteiger partial charge in [0.2, 0.25) is 5.91 Å². The summed E-state index contributed by atoms with van der Waals surface area (Å²) >= 11 is 0. The summed E-state index contributed by atoms with van der Waals surface area (Å²) in [6.45, 7) is 14.7. The zero-order valence-corrected chi connectivity index (χ0v) is 20.7. The van der Waals surface area contributed by atoms with E-state index in [0.717, 1.165) is 69.7 Å². The van der Waals surface area contributed by atoms with Crippen molar-refractivity contribution in [3.05, 3.63) is 29.8 Å². The summed E-state index contributed by atoms with van der Waals surface area (Å²) in [5, 5.41) is 0. The maximum Gasteiger partial charge on any atom is 0.254 e. The Bertz CT molecular complexity index is 809. The number of hydrogen-bond acceptors (Lipinski definition) is 5. The van der Waals surface area contributed by atoms with E-state index in [9.17, 15) is 9.59 Å². The second-order valence-corrected chi connectivity index (χ2v) is 10.00. The fraction of sp³-hybridized carbons (Fsp3) is 0.692. The van der Waals surface area contributed by atoms with Gasteiger partial charge in [0, 0.05) is 82.2 Å². The van der Waals surface area contributed by atoms with Crippen molar-refractivity contribution in [2.75, 3.05) is 70.3 Å². The van der Waals surface area contributed by atoms with Gasteiger partial charge in [0.05, 0.1) is 6.54 Å². The van der Waals surface area contributed by atoms with Crippen molar-refractivity contribution in [1.82, 2.24) is 19.6 Å². The maximum atomic E-state index is 12.9. The van der Waals surface area contributed by atoms with Gasteiger partial charge in [-0.15, -0.1) is 0 Å². The van der Waals surface area contributed by atoms with Crippen LogP contribution in [0.4, 0.5) is 5.69 Å². The highest BCUT2D eigenvalue weighted by molar-refractivity contribution is 5.95. The monoisotopic (exact) mass is 455 g/mol. The predicted molar refractivity (Wildman–Crippen MR) is 133 cm³/mol. The Kier molecular flexibility index (Phi) is 7.91. The quantitative estimate of drug-likeness (QED) is 0.632. The van der Waals surface area contributed by atoms with Crippen molar-refractivity contribution in [3.63, 3.8) is 0 Å². The van der Waals surface area contributed by atoms with E-state index < -0.39 is 0 Å². The first kappa shape index (κ1) is 24.0. The molecular weight excluding hydrogens is 414 g/mol. The van der Waals surface area contributed by atoms with Gasteiger partial charge >= 0.3 is 0 Å². The van der Waals surface area contributed by atoms with Gasteiger partial charge < -0.3 is 14.7 Å². The largest absolute Gasteiger partial charge is 0.369 e. The normalized spacial score (nSPS) is 20.7. The molecule has 4 rings (SSSR count). The average Bonchev–Trinajstić information content (AvgIpc) is 2.79. The Morgan fingerprint density at radius 3 is 2.27 bits per heavy atom. The Labute approximate surface area is 199 Å². The molecule has 0 radical (unpaired) electrons. The lowest BCUT2D eigenvalue weighted by Gasteiger charge is -2.43. The minimum atomic E-state index is 0.0935. The van der Waals surface area contributed by atoms with Crippen LogP contribution in [0.1, 0.15) is 50.4 Å². The summed E-state index contributed by atoms with van der Waals surface area (Å²) in [4.78, 5) is 36.9. The minimum Gasteiger partial charge on any atom is -0.369 e. The summed E-state index contributed by atoms with van der Waals surface area (Å²) < 4.78 is 0. The second-order valence-electron chi connectivity index (χ2n) is 10.00. The fourth-order valence-corrected chi connectivity index (χ4v) is 5.29. The van der Waals surface area contributed by atoms with Crippen molar-refractivity contribution < 1.29 is 9.59 Å². The third-order valence-corrected chi connectivity index (χ3v) is 7.67. The van der Waals surface area contributed by atoms with Crippen LogP contribution in [-0.4, -0.2) is 109 Å². The first-order valence-electron chi connectivity index (χ1n) is 12.9. The van der Waals surface area contributed by atoms with Gasteiger partial charge in [0.15, 0.2) is 0 Å². The van der Waals surface area contributed by atoms with E-state index in [1.165, 1.54) is 19.3 Å². The van der Waals surface area contributed by atoms with Crippen LogP contribution in [0, 0.1) is 0 Å². The first-order valence-corrected chi connectivity index (χ1v) is 12.9. The topological polar surface area (TPSA) is 50.3 Å². The van der Waals surface area contributed by atoms with Crippen LogP contribution in [0.25, 0.3) is 0 Å². The molecular formula is C26H41N5O2. The molecule has 1 aliphatic carbocycles. The summed E-state index contributed by atoms with van der Waals surface area (Å²) in [7, 11) is 0. The molecule has 7 heteroatoms. The smallest absolute Gasteiger partial charge is 0.254 e. The van der Waals surface area contributed by atoms with E-state index in [1.807, 2.05) is 30.0 Å². The first-order chi connectivity index (χ1) is 16.0. The molecule has 33 heavy (non-hydrogen) atoms. The molecule has 182 valence electrons. The summed E-state index contributed by atoms with van der Waals surface area (Å²) in [6, 6.07) is 8.97. The second kappa shape index (κ2) is 10.9. The van der Waals surface area contributed by atoms with E-state index in [2.05, 4.69) is 39.5 Å². The third-order valence-electron chi connectivity index (χ3n) is 7.67. The van der Waals surface area contributed by atoms with Crippen molar-refractivity contribution in [2.24, 2.45) is 0 Å². The molecule has 0 aromatic heterocycles. The summed E-state index contributed by atoms with van der Waals surface area (Å²) in [5.41, 5.74) is 1.85. The molecule has 2 saturated heterocycles. The number of carbonyl (C=O) groups is 2. The van der Waals surface area contributed by atoms with E-state index in [4.69, 9.17) is 0 Å². The van der Waals surface area contributed by atoms with Crippen molar-refractivity contribution >= 4 is 17.5 Å². The molecule has 3 fully saturated rings. The van der Waals surface area contributed by atoms with Crippen LogP contribution in [-0.2, 0) is 4.79 Å². The molecule has 1 aromatic rings. The van der Waals surface area contributed by atoms with Gasteiger partial charge in [-0.3, -0.25) is 19.4 Å². The molecule has 1 aromatic carbocycles. The number of amides is 2. The van der Waals surface area contributed by atoms with Crippen molar-refractivity contribution in [2.45, 2.75) is 52.1 Å². The predicted octanol–water partition coefficient (Wildman–Crippen LogP) is 2.38. The van der Waals surface area contributed by atoms with Crippen LogP contribution >= 0.6 is 0 Å². The number of carbonyl (C=O) groups excluding carboxylic acids is 2.